The highest BCUT2D eigenvalue weighted by atomic mass is 35.5. The van der Waals surface area contributed by atoms with Gasteiger partial charge >= 0.3 is 12.1 Å². The van der Waals surface area contributed by atoms with Gasteiger partial charge < -0.3 is 25.2 Å². The van der Waals surface area contributed by atoms with E-state index in [1.54, 1.807) is 46.9 Å². The first kappa shape index (κ1) is 27.7. The summed E-state index contributed by atoms with van der Waals surface area (Å²) < 4.78 is 7.71. The molecular formula is C29H33ClN6O4. The lowest BCUT2D eigenvalue weighted by Gasteiger charge is -2.38. The van der Waals surface area contributed by atoms with E-state index in [4.69, 9.17) is 16.3 Å². The van der Waals surface area contributed by atoms with E-state index in [1.807, 2.05) is 42.2 Å². The quantitative estimate of drug-likeness (QED) is 0.421. The van der Waals surface area contributed by atoms with Gasteiger partial charge in [-0.05, 0) is 56.5 Å². The molecule has 0 aliphatic carbocycles. The second-order valence-electron chi connectivity index (χ2n) is 10.2. The maximum absolute atomic E-state index is 13.8. The van der Waals surface area contributed by atoms with Gasteiger partial charge in [-0.15, -0.1) is 0 Å². The number of aryl methyl sites for hydroxylation is 1. The summed E-state index contributed by atoms with van der Waals surface area (Å²) >= 11 is 5.95. The van der Waals surface area contributed by atoms with Crippen molar-refractivity contribution in [2.75, 3.05) is 18.4 Å². The number of urea groups is 1. The minimum absolute atomic E-state index is 0.0298. The number of halogens is 1. The molecule has 2 aliphatic rings. The lowest BCUT2D eigenvalue weighted by Crippen LogP contribution is -2.57. The molecule has 0 radical (unpaired) electrons. The molecule has 11 heteroatoms. The summed E-state index contributed by atoms with van der Waals surface area (Å²) in [5.41, 5.74) is 2.41. The number of benzene rings is 2. The average Bonchev–Trinajstić information content (AvgIpc) is 3.50. The summed E-state index contributed by atoms with van der Waals surface area (Å²) in [4.78, 5) is 47.5. The van der Waals surface area contributed by atoms with Crippen molar-refractivity contribution in [1.29, 1.82) is 0 Å². The summed E-state index contributed by atoms with van der Waals surface area (Å²) in [5, 5.41) is 6.14. The number of rotatable bonds is 8. The Balaban J connectivity index is 1.23. The predicted octanol–water partition coefficient (Wildman–Crippen LogP) is 4.42. The molecule has 0 saturated carbocycles. The minimum Gasteiger partial charge on any atom is -0.371 e. The summed E-state index contributed by atoms with van der Waals surface area (Å²) in [6.07, 6.45) is 2.45. The van der Waals surface area contributed by atoms with Gasteiger partial charge in [-0.3, -0.25) is 9.36 Å². The Morgan fingerprint density at radius 2 is 1.80 bits per heavy atom. The summed E-state index contributed by atoms with van der Waals surface area (Å²) in [7, 11) is 0. The first-order valence-corrected chi connectivity index (χ1v) is 13.8. The molecule has 2 aliphatic heterocycles. The molecular weight excluding hydrogens is 532 g/mol. The number of piperidine rings is 1. The molecule has 2 N–H and O–H groups in total. The Hall–Kier alpha value is -3.89. The van der Waals surface area contributed by atoms with Gasteiger partial charge in [-0.25, -0.2) is 14.6 Å². The van der Waals surface area contributed by atoms with E-state index in [9.17, 15) is 14.4 Å². The van der Waals surface area contributed by atoms with E-state index in [2.05, 4.69) is 15.6 Å². The van der Waals surface area contributed by atoms with Gasteiger partial charge in [-0.1, -0.05) is 41.9 Å². The molecule has 40 heavy (non-hydrogen) atoms. The number of nitrogens with one attached hydrogen (secondary N) is 2. The number of ether oxygens (including phenoxy) is 1. The van der Waals surface area contributed by atoms with Crippen LogP contribution in [0.15, 0.2) is 60.8 Å². The first-order chi connectivity index (χ1) is 19.3. The molecule has 210 valence electrons. The lowest BCUT2D eigenvalue weighted by atomic mass is 10.0. The van der Waals surface area contributed by atoms with Crippen molar-refractivity contribution in [3.8, 4) is 0 Å². The van der Waals surface area contributed by atoms with Crippen molar-refractivity contribution in [3.05, 3.63) is 82.9 Å². The van der Waals surface area contributed by atoms with Gasteiger partial charge in [0.25, 0.3) is 0 Å². The normalized spacial score (nSPS) is 16.9. The fourth-order valence-electron chi connectivity index (χ4n) is 5.23. The molecule has 5 rings (SSSR count). The van der Waals surface area contributed by atoms with Crippen LogP contribution in [0, 0.1) is 6.92 Å². The number of anilines is 1. The monoisotopic (exact) mass is 564 g/mol. The van der Waals surface area contributed by atoms with Crippen molar-refractivity contribution in [3.63, 3.8) is 0 Å². The second-order valence-corrected chi connectivity index (χ2v) is 10.6. The number of carbonyl (C=O) groups is 3. The molecule has 3 aromatic rings. The van der Waals surface area contributed by atoms with Crippen LogP contribution in [0.3, 0.4) is 0 Å². The minimum atomic E-state index is -0.907. The van der Waals surface area contributed by atoms with Crippen LogP contribution in [-0.2, 0) is 22.7 Å². The van der Waals surface area contributed by atoms with Crippen molar-refractivity contribution in [2.24, 2.45) is 0 Å². The third-order valence-corrected chi connectivity index (χ3v) is 7.73. The standard InChI is InChI=1S/C29H33ClN6O4/c1-19(40-18-21-6-4-3-5-7-21)26(33-28(38)32-23-10-8-22(30)9-11-23)27(37)34-14-12-24(13-15-34)35-17-25-16-31-20(2)36(25)29(35)39/h3-11,16,19,24,26H,12-15,17-18H2,1-2H3,(H2,32,33,38)/t19?,26-/m1/s1. The number of amides is 4. The molecule has 2 atom stereocenters. The molecule has 0 bridgehead atoms. The first-order valence-electron chi connectivity index (χ1n) is 13.4. The van der Waals surface area contributed by atoms with Crippen molar-refractivity contribution in [2.45, 2.75) is 58.0 Å². The number of aromatic nitrogens is 2. The van der Waals surface area contributed by atoms with Crippen LogP contribution < -0.4 is 10.6 Å². The molecule has 10 nitrogen and oxygen atoms in total. The molecule has 1 saturated heterocycles. The third kappa shape index (κ3) is 6.13. The summed E-state index contributed by atoms with van der Waals surface area (Å²) in [6, 6.07) is 14.9. The Morgan fingerprint density at radius 1 is 1.10 bits per heavy atom. The fraction of sp³-hybridized carbons (Fsp3) is 0.379. The van der Waals surface area contributed by atoms with E-state index < -0.39 is 18.2 Å². The highest BCUT2D eigenvalue weighted by Crippen LogP contribution is 2.26. The average molecular weight is 565 g/mol. The van der Waals surface area contributed by atoms with E-state index in [-0.39, 0.29) is 18.0 Å². The number of likely N-dealkylation sites (tertiary alicyclic amines) is 1. The van der Waals surface area contributed by atoms with Crippen LogP contribution in [0.2, 0.25) is 5.02 Å². The van der Waals surface area contributed by atoms with Crippen LogP contribution >= 0.6 is 11.6 Å². The van der Waals surface area contributed by atoms with Crippen molar-refractivity contribution in [1.82, 2.24) is 24.7 Å². The number of carbonyl (C=O) groups excluding carboxylic acids is 3. The number of hydrogen-bond acceptors (Lipinski definition) is 5. The molecule has 2 aromatic carbocycles. The summed E-state index contributed by atoms with van der Waals surface area (Å²) in [6.45, 7) is 5.39. The van der Waals surface area contributed by atoms with E-state index in [0.29, 0.717) is 55.6 Å². The Labute approximate surface area is 238 Å². The summed E-state index contributed by atoms with van der Waals surface area (Å²) in [5.74, 6) is 0.467. The van der Waals surface area contributed by atoms with E-state index in [0.717, 1.165) is 11.3 Å². The Kier molecular flexibility index (Phi) is 8.37. The van der Waals surface area contributed by atoms with Crippen LogP contribution in [0.5, 0.6) is 0 Å². The van der Waals surface area contributed by atoms with E-state index >= 15 is 0 Å². The van der Waals surface area contributed by atoms with Gasteiger partial charge in [0.15, 0.2) is 0 Å². The zero-order chi connectivity index (χ0) is 28.2. The maximum atomic E-state index is 13.8. The third-order valence-electron chi connectivity index (χ3n) is 7.48. The van der Waals surface area contributed by atoms with Gasteiger partial charge in [0.1, 0.15) is 11.9 Å². The topological polar surface area (TPSA) is 109 Å². The lowest BCUT2D eigenvalue weighted by molar-refractivity contribution is -0.138. The van der Waals surface area contributed by atoms with Gasteiger partial charge in [0.2, 0.25) is 5.91 Å². The Bertz CT molecular complexity index is 1350. The van der Waals surface area contributed by atoms with E-state index in [1.165, 1.54) is 0 Å². The van der Waals surface area contributed by atoms with Crippen LogP contribution in [-0.4, -0.2) is 68.6 Å². The van der Waals surface area contributed by atoms with Crippen molar-refractivity contribution >= 4 is 35.3 Å². The Morgan fingerprint density at radius 3 is 2.48 bits per heavy atom. The molecule has 0 spiro atoms. The number of hydrogen-bond donors (Lipinski definition) is 2. The SMILES string of the molecule is Cc1ncc2n1C(=O)N(C1CCN(C(=O)[C@H](NC(=O)Nc3ccc(Cl)cc3)C(C)OCc3ccccc3)CC1)C2. The molecule has 1 aromatic heterocycles. The number of nitrogens with zero attached hydrogens (tertiary/aromatic N) is 4. The molecule has 3 heterocycles. The fourth-order valence-corrected chi connectivity index (χ4v) is 5.36. The van der Waals surface area contributed by atoms with Gasteiger partial charge in [0, 0.05) is 29.8 Å². The highest BCUT2D eigenvalue weighted by Gasteiger charge is 2.38. The zero-order valence-corrected chi connectivity index (χ0v) is 23.3. The molecule has 1 fully saturated rings. The smallest absolute Gasteiger partial charge is 0.330 e. The second kappa shape index (κ2) is 12.1. The van der Waals surface area contributed by atoms with Crippen molar-refractivity contribution < 1.29 is 19.1 Å². The molecule has 1 unspecified atom stereocenters. The van der Waals surface area contributed by atoms with Gasteiger partial charge in [-0.2, -0.15) is 0 Å². The van der Waals surface area contributed by atoms with Gasteiger partial charge in [0.05, 0.1) is 31.1 Å². The van der Waals surface area contributed by atoms with Crippen LogP contribution in [0.1, 0.15) is 36.8 Å². The molecule has 4 amide bonds. The maximum Gasteiger partial charge on any atom is 0.330 e. The zero-order valence-electron chi connectivity index (χ0n) is 22.5. The largest absolute Gasteiger partial charge is 0.371 e. The van der Waals surface area contributed by atoms with Crippen LogP contribution in [0.25, 0.3) is 0 Å². The predicted molar refractivity (Wildman–Crippen MR) is 151 cm³/mol. The number of imidazole rings is 1. The highest BCUT2D eigenvalue weighted by molar-refractivity contribution is 6.30. The van der Waals surface area contributed by atoms with Crippen LogP contribution in [0.4, 0.5) is 15.3 Å². The number of fused-ring (bicyclic) bond motifs is 1.